The Morgan fingerprint density at radius 3 is 3.11 bits per heavy atom. The monoisotopic (exact) mass is 263 g/mol. The number of amides is 1. The van der Waals surface area contributed by atoms with Crippen LogP contribution in [0.5, 0.6) is 0 Å². The second-order valence-corrected chi connectivity index (χ2v) is 4.75. The Morgan fingerprint density at radius 2 is 2.37 bits per heavy atom. The number of aromatic nitrogens is 1. The van der Waals surface area contributed by atoms with Gasteiger partial charge in [0.05, 0.1) is 12.1 Å². The number of nitrogens with one attached hydrogen (secondary N) is 2. The summed E-state index contributed by atoms with van der Waals surface area (Å²) in [6.45, 7) is 2.49. The first-order valence-corrected chi connectivity index (χ1v) is 6.78. The highest BCUT2D eigenvalue weighted by molar-refractivity contribution is 5.93. The first kappa shape index (κ1) is 13.8. The Bertz CT molecular complexity index is 436. The van der Waals surface area contributed by atoms with Crippen LogP contribution in [-0.2, 0) is 4.74 Å². The van der Waals surface area contributed by atoms with Gasteiger partial charge in [-0.1, -0.05) is 0 Å². The Labute approximate surface area is 113 Å². The molecule has 5 heteroatoms. The Hall–Kier alpha value is -1.62. The minimum atomic E-state index is -0.138. The number of rotatable bonds is 5. The van der Waals surface area contributed by atoms with E-state index in [2.05, 4.69) is 15.6 Å². The van der Waals surface area contributed by atoms with Gasteiger partial charge in [0.1, 0.15) is 5.69 Å². The minimum Gasteiger partial charge on any atom is -0.380 e. The van der Waals surface area contributed by atoms with Crippen molar-refractivity contribution in [3.8, 4) is 0 Å². The van der Waals surface area contributed by atoms with Gasteiger partial charge in [0, 0.05) is 25.5 Å². The van der Waals surface area contributed by atoms with Gasteiger partial charge in [0.15, 0.2) is 0 Å². The van der Waals surface area contributed by atoms with Crippen molar-refractivity contribution in [2.24, 2.45) is 0 Å². The lowest BCUT2D eigenvalue weighted by atomic mass is 10.2. The SMILES string of the molecule is CCNC(=O)c1cc(NC2CCCC2OC)ccn1. The number of hydrogen-bond donors (Lipinski definition) is 2. The molecule has 0 spiro atoms. The fraction of sp³-hybridized carbons (Fsp3) is 0.571. The first-order valence-electron chi connectivity index (χ1n) is 6.78. The molecule has 1 saturated carbocycles. The Balaban J connectivity index is 2.04. The molecule has 1 heterocycles. The van der Waals surface area contributed by atoms with Gasteiger partial charge in [-0.15, -0.1) is 0 Å². The molecule has 1 aliphatic carbocycles. The fourth-order valence-electron chi connectivity index (χ4n) is 2.48. The third-order valence-electron chi connectivity index (χ3n) is 3.44. The lowest BCUT2D eigenvalue weighted by molar-refractivity contribution is 0.0951. The Kier molecular flexibility index (Phi) is 4.74. The standard InChI is InChI=1S/C14H21N3O2/c1-3-15-14(18)12-9-10(7-8-16-12)17-11-5-4-6-13(11)19-2/h7-9,11,13H,3-6H2,1-2H3,(H,15,18)(H,16,17). The molecule has 0 radical (unpaired) electrons. The molecule has 0 saturated heterocycles. The average Bonchev–Trinajstić information content (AvgIpc) is 2.86. The molecule has 1 amide bonds. The van der Waals surface area contributed by atoms with Crippen molar-refractivity contribution < 1.29 is 9.53 Å². The number of carbonyl (C=O) groups excluding carboxylic acids is 1. The normalized spacial score (nSPS) is 22.2. The van der Waals surface area contributed by atoms with E-state index in [1.54, 1.807) is 19.4 Å². The lowest BCUT2D eigenvalue weighted by Gasteiger charge is -2.20. The van der Waals surface area contributed by atoms with Crippen LogP contribution in [-0.4, -0.2) is 36.7 Å². The maximum atomic E-state index is 11.7. The molecule has 0 bridgehead atoms. The number of nitrogens with zero attached hydrogens (tertiary/aromatic N) is 1. The summed E-state index contributed by atoms with van der Waals surface area (Å²) >= 11 is 0. The molecule has 2 unspecified atom stereocenters. The highest BCUT2D eigenvalue weighted by atomic mass is 16.5. The predicted octanol–water partition coefficient (Wildman–Crippen LogP) is 1.81. The second-order valence-electron chi connectivity index (χ2n) is 4.75. The van der Waals surface area contributed by atoms with E-state index in [1.807, 2.05) is 13.0 Å². The number of hydrogen-bond acceptors (Lipinski definition) is 4. The topological polar surface area (TPSA) is 63.2 Å². The maximum Gasteiger partial charge on any atom is 0.269 e. The van der Waals surface area contributed by atoms with E-state index in [0.29, 0.717) is 18.3 Å². The second kappa shape index (κ2) is 6.52. The summed E-state index contributed by atoms with van der Waals surface area (Å²) in [5.74, 6) is -0.138. The molecule has 2 N–H and O–H groups in total. The summed E-state index contributed by atoms with van der Waals surface area (Å²) in [7, 11) is 1.75. The molecule has 1 fully saturated rings. The van der Waals surface area contributed by atoms with Gasteiger partial charge in [-0.25, -0.2) is 0 Å². The van der Waals surface area contributed by atoms with Crippen LogP contribution in [0.25, 0.3) is 0 Å². The molecule has 0 aliphatic heterocycles. The summed E-state index contributed by atoms with van der Waals surface area (Å²) in [6.07, 6.45) is 5.26. The quantitative estimate of drug-likeness (QED) is 0.850. The third kappa shape index (κ3) is 3.44. The van der Waals surface area contributed by atoms with Gasteiger partial charge in [0.25, 0.3) is 5.91 Å². The van der Waals surface area contributed by atoms with E-state index in [4.69, 9.17) is 4.74 Å². The predicted molar refractivity (Wildman–Crippen MR) is 74.3 cm³/mol. The van der Waals surface area contributed by atoms with Gasteiger partial charge in [-0.3, -0.25) is 9.78 Å². The largest absolute Gasteiger partial charge is 0.380 e. The van der Waals surface area contributed by atoms with Gasteiger partial charge < -0.3 is 15.4 Å². The van der Waals surface area contributed by atoms with Gasteiger partial charge in [-0.2, -0.15) is 0 Å². The molecule has 1 aliphatic rings. The first-order chi connectivity index (χ1) is 9.24. The number of anilines is 1. The van der Waals surface area contributed by atoms with Crippen LogP contribution in [0.1, 0.15) is 36.7 Å². The smallest absolute Gasteiger partial charge is 0.269 e. The number of ether oxygens (including phenoxy) is 1. The maximum absolute atomic E-state index is 11.7. The molecule has 1 aromatic heterocycles. The van der Waals surface area contributed by atoms with E-state index in [-0.39, 0.29) is 12.0 Å². The van der Waals surface area contributed by atoms with Crippen molar-refractivity contribution >= 4 is 11.6 Å². The Morgan fingerprint density at radius 1 is 1.53 bits per heavy atom. The summed E-state index contributed by atoms with van der Waals surface area (Å²) < 4.78 is 5.45. The zero-order valence-corrected chi connectivity index (χ0v) is 11.5. The van der Waals surface area contributed by atoms with Crippen molar-refractivity contribution in [3.63, 3.8) is 0 Å². The molecule has 5 nitrogen and oxygen atoms in total. The van der Waals surface area contributed by atoms with Crippen LogP contribution in [0, 0.1) is 0 Å². The highest BCUT2D eigenvalue weighted by Gasteiger charge is 2.26. The summed E-state index contributed by atoms with van der Waals surface area (Å²) in [5, 5.41) is 6.18. The van der Waals surface area contributed by atoms with E-state index in [0.717, 1.165) is 18.5 Å². The average molecular weight is 263 g/mol. The van der Waals surface area contributed by atoms with Crippen LogP contribution < -0.4 is 10.6 Å². The van der Waals surface area contributed by atoms with Gasteiger partial charge in [-0.05, 0) is 38.3 Å². The van der Waals surface area contributed by atoms with Crippen molar-refractivity contribution in [1.82, 2.24) is 10.3 Å². The molecule has 19 heavy (non-hydrogen) atoms. The van der Waals surface area contributed by atoms with Crippen molar-refractivity contribution in [1.29, 1.82) is 0 Å². The number of pyridine rings is 1. The minimum absolute atomic E-state index is 0.138. The van der Waals surface area contributed by atoms with Crippen molar-refractivity contribution in [3.05, 3.63) is 24.0 Å². The van der Waals surface area contributed by atoms with Crippen LogP contribution in [0.15, 0.2) is 18.3 Å². The zero-order valence-electron chi connectivity index (χ0n) is 11.5. The van der Waals surface area contributed by atoms with Gasteiger partial charge in [0.2, 0.25) is 0 Å². The molecule has 2 rings (SSSR count). The lowest BCUT2D eigenvalue weighted by Crippen LogP contribution is -2.30. The molecular weight excluding hydrogens is 242 g/mol. The van der Waals surface area contributed by atoms with Gasteiger partial charge >= 0.3 is 0 Å². The summed E-state index contributed by atoms with van der Waals surface area (Å²) in [5.41, 5.74) is 1.36. The molecule has 0 aromatic carbocycles. The molecule has 1 aromatic rings. The molecule has 104 valence electrons. The van der Waals surface area contributed by atoms with Crippen LogP contribution in [0.3, 0.4) is 0 Å². The number of carbonyl (C=O) groups is 1. The van der Waals surface area contributed by atoms with Crippen molar-refractivity contribution in [2.75, 3.05) is 19.0 Å². The molecular formula is C14H21N3O2. The summed E-state index contributed by atoms with van der Waals surface area (Å²) in [4.78, 5) is 15.8. The third-order valence-corrected chi connectivity index (χ3v) is 3.44. The molecule has 2 atom stereocenters. The summed E-state index contributed by atoms with van der Waals surface area (Å²) in [6, 6.07) is 3.98. The van der Waals surface area contributed by atoms with Crippen LogP contribution in [0.4, 0.5) is 5.69 Å². The fourth-order valence-corrected chi connectivity index (χ4v) is 2.48. The van der Waals surface area contributed by atoms with E-state index < -0.39 is 0 Å². The highest BCUT2D eigenvalue weighted by Crippen LogP contribution is 2.25. The van der Waals surface area contributed by atoms with Crippen molar-refractivity contribution in [2.45, 2.75) is 38.3 Å². The van der Waals surface area contributed by atoms with E-state index in [9.17, 15) is 4.79 Å². The van der Waals surface area contributed by atoms with E-state index >= 15 is 0 Å². The number of methoxy groups -OCH3 is 1. The van der Waals surface area contributed by atoms with E-state index in [1.165, 1.54) is 6.42 Å². The van der Waals surface area contributed by atoms with Crippen LogP contribution in [0.2, 0.25) is 0 Å². The van der Waals surface area contributed by atoms with Crippen LogP contribution >= 0.6 is 0 Å². The zero-order chi connectivity index (χ0) is 13.7.